The lowest BCUT2D eigenvalue weighted by molar-refractivity contribution is 0.0940. The molecule has 0 spiro atoms. The maximum atomic E-state index is 9.42. The summed E-state index contributed by atoms with van der Waals surface area (Å²) in [6.45, 7) is 5.20. The van der Waals surface area contributed by atoms with Crippen molar-refractivity contribution in [3.63, 3.8) is 0 Å². The Labute approximate surface area is 128 Å². The van der Waals surface area contributed by atoms with Crippen molar-refractivity contribution in [2.75, 3.05) is 31.6 Å². The van der Waals surface area contributed by atoms with E-state index in [1.807, 2.05) is 18.7 Å². The lowest BCUT2D eigenvalue weighted by Crippen LogP contribution is -2.43. The number of hydrogen-bond donors (Lipinski definition) is 2. The van der Waals surface area contributed by atoms with Crippen LogP contribution in [0.1, 0.15) is 25.0 Å². The lowest BCUT2D eigenvalue weighted by Gasteiger charge is -2.34. The second kappa shape index (κ2) is 6.29. The molecule has 0 saturated carbocycles. The maximum Gasteiger partial charge on any atom is 0.185 e. The van der Waals surface area contributed by atoms with Gasteiger partial charge in [-0.25, -0.2) is 9.67 Å². The molecule has 1 saturated heterocycles. The largest absolute Gasteiger partial charge is 0.395 e. The first kappa shape index (κ1) is 14.7. The van der Waals surface area contributed by atoms with Gasteiger partial charge < -0.3 is 10.4 Å². The zero-order chi connectivity index (χ0) is 14.8. The second-order valence-corrected chi connectivity index (χ2v) is 6.67. The van der Waals surface area contributed by atoms with E-state index < -0.39 is 0 Å². The number of aryl methyl sites for hydroxylation is 2. The first-order chi connectivity index (χ1) is 10.2. The topological polar surface area (TPSA) is 66.2 Å². The molecule has 116 valence electrons. The molecular weight excluding hydrogens is 286 g/mol. The molecule has 21 heavy (non-hydrogen) atoms. The number of likely N-dealkylation sites (tertiary alicyclic amines) is 1. The zero-order valence-corrected chi connectivity index (χ0v) is 13.5. The van der Waals surface area contributed by atoms with E-state index in [1.165, 1.54) is 12.8 Å². The molecule has 1 atom stereocenters. The van der Waals surface area contributed by atoms with Crippen LogP contribution in [0.2, 0.25) is 0 Å². The van der Waals surface area contributed by atoms with Gasteiger partial charge in [-0.2, -0.15) is 5.10 Å². The highest BCUT2D eigenvalue weighted by Crippen LogP contribution is 2.27. The molecular formula is C14H23N5OS. The van der Waals surface area contributed by atoms with Crippen LogP contribution in [0.15, 0.2) is 0 Å². The summed E-state index contributed by atoms with van der Waals surface area (Å²) in [6.07, 6.45) is 3.59. The van der Waals surface area contributed by atoms with Crippen LogP contribution < -0.4 is 5.32 Å². The molecule has 0 aliphatic carbocycles. The highest BCUT2D eigenvalue weighted by molar-refractivity contribution is 7.22. The second-order valence-electron chi connectivity index (χ2n) is 5.68. The molecule has 1 aliphatic heterocycles. The average Bonchev–Trinajstić information content (AvgIpc) is 3.02. The van der Waals surface area contributed by atoms with Crippen LogP contribution in [0.5, 0.6) is 0 Å². The van der Waals surface area contributed by atoms with Gasteiger partial charge in [0.1, 0.15) is 0 Å². The third-order valence-electron chi connectivity index (χ3n) is 4.18. The highest BCUT2D eigenvalue weighted by Gasteiger charge is 2.21. The number of nitrogens with zero attached hydrogens (tertiary/aromatic N) is 4. The number of aromatic nitrogens is 3. The number of nitrogens with one attached hydrogen (secondary N) is 1. The van der Waals surface area contributed by atoms with Crippen molar-refractivity contribution in [3.05, 3.63) is 5.69 Å². The molecule has 0 radical (unpaired) electrons. The summed E-state index contributed by atoms with van der Waals surface area (Å²) in [4.78, 5) is 6.98. The summed E-state index contributed by atoms with van der Waals surface area (Å²) >= 11 is 1.66. The van der Waals surface area contributed by atoms with Gasteiger partial charge in [-0.3, -0.25) is 4.90 Å². The summed E-state index contributed by atoms with van der Waals surface area (Å²) in [5, 5.41) is 18.2. The summed E-state index contributed by atoms with van der Waals surface area (Å²) in [5.41, 5.74) is 1.99. The van der Waals surface area contributed by atoms with Gasteiger partial charge in [0.15, 0.2) is 10.8 Å². The Bertz CT molecular complexity index is 573. The van der Waals surface area contributed by atoms with E-state index in [0.29, 0.717) is 6.04 Å². The van der Waals surface area contributed by atoms with Crippen molar-refractivity contribution in [3.8, 4) is 0 Å². The van der Waals surface area contributed by atoms with Gasteiger partial charge in [0.25, 0.3) is 0 Å². The number of rotatable bonds is 5. The third kappa shape index (κ3) is 3.04. The molecule has 0 aromatic carbocycles. The SMILES string of the molecule is Cc1nn(C)c2nc(NCCN3CCCCC3CO)sc12. The molecule has 1 aliphatic rings. The molecule has 3 rings (SSSR count). The summed E-state index contributed by atoms with van der Waals surface area (Å²) in [5.74, 6) is 0. The highest BCUT2D eigenvalue weighted by atomic mass is 32.1. The Balaban J connectivity index is 1.57. The predicted molar refractivity (Wildman–Crippen MR) is 85.9 cm³/mol. The van der Waals surface area contributed by atoms with Crippen LogP contribution >= 0.6 is 11.3 Å². The molecule has 1 fully saturated rings. The van der Waals surface area contributed by atoms with E-state index in [1.54, 1.807) is 11.3 Å². The Kier molecular flexibility index (Phi) is 4.42. The Morgan fingerprint density at radius 1 is 1.43 bits per heavy atom. The van der Waals surface area contributed by atoms with Gasteiger partial charge in [-0.05, 0) is 26.3 Å². The van der Waals surface area contributed by atoms with Gasteiger partial charge in [0.05, 0.1) is 17.0 Å². The summed E-state index contributed by atoms with van der Waals surface area (Å²) < 4.78 is 2.99. The van der Waals surface area contributed by atoms with Crippen LogP contribution in [-0.2, 0) is 7.05 Å². The van der Waals surface area contributed by atoms with E-state index in [4.69, 9.17) is 0 Å². The first-order valence-corrected chi connectivity index (χ1v) is 8.39. The number of aliphatic hydroxyl groups is 1. The van der Waals surface area contributed by atoms with E-state index >= 15 is 0 Å². The van der Waals surface area contributed by atoms with Crippen LogP contribution in [0, 0.1) is 6.92 Å². The average molecular weight is 309 g/mol. The fourth-order valence-electron chi connectivity index (χ4n) is 3.03. The van der Waals surface area contributed by atoms with Gasteiger partial charge in [-0.15, -0.1) is 0 Å². The number of thiazole rings is 1. The van der Waals surface area contributed by atoms with Crippen LogP contribution in [0.25, 0.3) is 10.3 Å². The molecule has 2 N–H and O–H groups in total. The first-order valence-electron chi connectivity index (χ1n) is 7.58. The van der Waals surface area contributed by atoms with E-state index in [-0.39, 0.29) is 6.61 Å². The van der Waals surface area contributed by atoms with Crippen molar-refractivity contribution >= 4 is 26.8 Å². The zero-order valence-electron chi connectivity index (χ0n) is 12.7. The number of aliphatic hydroxyl groups excluding tert-OH is 1. The minimum absolute atomic E-state index is 0.270. The van der Waals surface area contributed by atoms with Gasteiger partial charge in [-0.1, -0.05) is 17.8 Å². The predicted octanol–water partition coefficient (Wildman–Crippen LogP) is 1.60. The summed E-state index contributed by atoms with van der Waals surface area (Å²) in [6, 6.07) is 0.336. The molecule has 0 bridgehead atoms. The van der Waals surface area contributed by atoms with Gasteiger partial charge in [0.2, 0.25) is 0 Å². The third-order valence-corrected chi connectivity index (χ3v) is 5.29. The molecule has 2 aromatic rings. The van der Waals surface area contributed by atoms with Crippen LogP contribution in [0.4, 0.5) is 5.13 Å². The Morgan fingerprint density at radius 2 is 2.29 bits per heavy atom. The number of fused-ring (bicyclic) bond motifs is 1. The Hall–Kier alpha value is -1.18. The Morgan fingerprint density at radius 3 is 3.05 bits per heavy atom. The quantitative estimate of drug-likeness (QED) is 0.878. The number of anilines is 1. The van der Waals surface area contributed by atoms with E-state index in [0.717, 1.165) is 47.2 Å². The fourth-order valence-corrected chi connectivity index (χ4v) is 3.99. The van der Waals surface area contributed by atoms with Crippen molar-refractivity contribution in [2.24, 2.45) is 7.05 Å². The van der Waals surface area contributed by atoms with Crippen molar-refractivity contribution < 1.29 is 5.11 Å². The number of hydrogen-bond acceptors (Lipinski definition) is 6. The van der Waals surface area contributed by atoms with Crippen molar-refractivity contribution in [2.45, 2.75) is 32.2 Å². The molecule has 1 unspecified atom stereocenters. The minimum atomic E-state index is 0.270. The van der Waals surface area contributed by atoms with Gasteiger partial charge in [0, 0.05) is 26.2 Å². The summed E-state index contributed by atoms with van der Waals surface area (Å²) in [7, 11) is 1.93. The van der Waals surface area contributed by atoms with Crippen LogP contribution in [0.3, 0.4) is 0 Å². The minimum Gasteiger partial charge on any atom is -0.395 e. The van der Waals surface area contributed by atoms with E-state index in [2.05, 4.69) is 20.3 Å². The fraction of sp³-hybridized carbons (Fsp3) is 0.714. The van der Waals surface area contributed by atoms with Crippen molar-refractivity contribution in [1.82, 2.24) is 19.7 Å². The standard InChI is InChI=1S/C14H23N5OS/c1-10-12-13(18(2)17-10)16-14(21-12)15-6-8-19-7-4-3-5-11(19)9-20/h11,20H,3-9H2,1-2H3,(H,15,16). The molecule has 7 heteroatoms. The van der Waals surface area contributed by atoms with Gasteiger partial charge >= 0.3 is 0 Å². The monoisotopic (exact) mass is 309 g/mol. The normalized spacial score (nSPS) is 20.2. The molecule has 6 nitrogen and oxygen atoms in total. The maximum absolute atomic E-state index is 9.42. The van der Waals surface area contributed by atoms with Crippen molar-refractivity contribution in [1.29, 1.82) is 0 Å². The molecule has 2 aromatic heterocycles. The molecule has 3 heterocycles. The number of piperidine rings is 1. The lowest BCUT2D eigenvalue weighted by atomic mass is 10.0. The molecule has 0 amide bonds. The van der Waals surface area contributed by atoms with Crippen LogP contribution in [-0.4, -0.2) is 57.1 Å². The van der Waals surface area contributed by atoms with E-state index in [9.17, 15) is 5.11 Å². The smallest absolute Gasteiger partial charge is 0.185 e.